The van der Waals surface area contributed by atoms with Crippen molar-refractivity contribution in [3.63, 3.8) is 0 Å². The topological polar surface area (TPSA) is 63.7 Å². The Morgan fingerprint density at radius 3 is 2.23 bits per heavy atom. The van der Waals surface area contributed by atoms with Crippen molar-refractivity contribution in [2.24, 2.45) is 0 Å². The number of hydrogen-bond donors (Lipinski definition) is 0. The molecule has 0 atom stereocenters. The Bertz CT molecular complexity index is 848. The first-order valence-corrected chi connectivity index (χ1v) is 9.97. The Kier molecular flexibility index (Phi) is 7.76. The van der Waals surface area contributed by atoms with Crippen LogP contribution >= 0.6 is 0 Å². The Morgan fingerprint density at radius 2 is 1.69 bits per heavy atom. The lowest BCUT2D eigenvalue weighted by Gasteiger charge is -2.19. The lowest BCUT2D eigenvalue weighted by molar-refractivity contribution is 0.0783. The minimum Gasteiger partial charge on any atom is -0.382 e. The summed E-state index contributed by atoms with van der Waals surface area (Å²) in [6.07, 6.45) is 0.920. The van der Waals surface area contributed by atoms with Crippen molar-refractivity contribution in [3.8, 4) is 5.75 Å². The fourth-order valence-corrected chi connectivity index (χ4v) is 2.66. The number of hydrogen-bond acceptors (Lipinski definition) is 4. The van der Waals surface area contributed by atoms with Gasteiger partial charge in [-0.3, -0.25) is 4.79 Å². The van der Waals surface area contributed by atoms with Crippen molar-refractivity contribution in [1.82, 2.24) is 4.90 Å². The van der Waals surface area contributed by atoms with E-state index in [0.29, 0.717) is 0 Å². The van der Waals surface area contributed by atoms with E-state index in [2.05, 4.69) is 0 Å². The minimum absolute atomic E-state index is 0.0148. The lowest BCUT2D eigenvalue weighted by Crippen LogP contribution is -2.27. The van der Waals surface area contributed by atoms with Crippen LogP contribution in [0.15, 0.2) is 42.5 Å². The second-order valence-electron chi connectivity index (χ2n) is 5.57. The van der Waals surface area contributed by atoms with Crippen LogP contribution in [0.25, 0.3) is 0 Å². The van der Waals surface area contributed by atoms with Crippen LogP contribution in [-0.2, 0) is 16.7 Å². The number of carbonyl (C=O) groups excluding carboxylic acids is 1. The molecule has 0 aliphatic rings. The summed E-state index contributed by atoms with van der Waals surface area (Å²) in [6.45, 7) is 6.05. The molecule has 0 unspecified atom stereocenters. The fraction of sp³-hybridized carbons (Fsp3) is 0.316. The van der Waals surface area contributed by atoms with Gasteiger partial charge in [-0.05, 0) is 36.8 Å². The maximum atomic E-state index is 12.9. The van der Waals surface area contributed by atoms with Crippen molar-refractivity contribution in [3.05, 3.63) is 65.0 Å². The van der Waals surface area contributed by atoms with Gasteiger partial charge in [0.25, 0.3) is 5.91 Å². The molecule has 0 aliphatic heterocycles. The monoisotopic (exact) mass is 381 g/mol. The van der Waals surface area contributed by atoms with Gasteiger partial charge in [0, 0.05) is 13.6 Å². The number of benzene rings is 2. The van der Waals surface area contributed by atoms with Gasteiger partial charge in [0.15, 0.2) is 5.75 Å². The largest absolute Gasteiger partial charge is 0.382 e. The summed E-state index contributed by atoms with van der Waals surface area (Å²) in [4.78, 5) is 14.1. The maximum Gasteiger partial charge on any atom is 0.306 e. The summed E-state index contributed by atoms with van der Waals surface area (Å²) in [5, 5.41) is 0. The first kappa shape index (κ1) is 21.6. The van der Waals surface area contributed by atoms with E-state index in [9.17, 15) is 17.6 Å². The molecule has 142 valence electrons. The van der Waals surface area contributed by atoms with Crippen LogP contribution in [0.3, 0.4) is 0 Å². The SMILES string of the molecule is CC.Cc1ccc(OS(C)(=O)=O)c(C(=O)N(C)Cc2ccc(F)cc2)c1. The van der Waals surface area contributed by atoms with Crippen molar-refractivity contribution >= 4 is 16.0 Å². The third kappa shape index (κ3) is 6.48. The highest BCUT2D eigenvalue weighted by Gasteiger charge is 2.20. The maximum absolute atomic E-state index is 12.9. The quantitative estimate of drug-likeness (QED) is 0.740. The van der Waals surface area contributed by atoms with E-state index in [1.54, 1.807) is 38.2 Å². The van der Waals surface area contributed by atoms with Crippen molar-refractivity contribution in [2.45, 2.75) is 27.3 Å². The normalized spacial score (nSPS) is 10.5. The molecular weight excluding hydrogens is 357 g/mol. The van der Waals surface area contributed by atoms with E-state index in [1.807, 2.05) is 13.8 Å². The zero-order valence-electron chi connectivity index (χ0n) is 15.6. The molecule has 2 aromatic carbocycles. The van der Waals surface area contributed by atoms with E-state index in [0.717, 1.165) is 17.4 Å². The third-order valence-corrected chi connectivity index (χ3v) is 3.77. The second kappa shape index (κ2) is 9.33. The van der Waals surface area contributed by atoms with Gasteiger partial charge in [0.05, 0.1) is 11.8 Å². The third-order valence-electron chi connectivity index (χ3n) is 3.29. The highest BCUT2D eigenvalue weighted by atomic mass is 32.2. The molecule has 0 heterocycles. The van der Waals surface area contributed by atoms with Crippen molar-refractivity contribution in [1.29, 1.82) is 0 Å². The predicted octanol–water partition coefficient (Wildman–Crippen LogP) is 3.77. The van der Waals surface area contributed by atoms with Gasteiger partial charge in [0.1, 0.15) is 5.82 Å². The molecule has 5 nitrogen and oxygen atoms in total. The standard InChI is InChI=1S/C17H18FNO4S.C2H6/c1-12-4-9-16(23-24(3,21)22)15(10-12)17(20)19(2)11-13-5-7-14(18)8-6-13;1-2/h4-10H,11H2,1-3H3;1-2H3. The molecule has 2 rings (SSSR count). The number of rotatable bonds is 5. The summed E-state index contributed by atoms with van der Waals surface area (Å²) < 4.78 is 40.6. The van der Waals surface area contributed by atoms with Gasteiger partial charge >= 0.3 is 10.1 Å². The Balaban J connectivity index is 0.00000163. The highest BCUT2D eigenvalue weighted by molar-refractivity contribution is 7.86. The van der Waals surface area contributed by atoms with Gasteiger partial charge in [-0.25, -0.2) is 4.39 Å². The Hall–Kier alpha value is -2.41. The number of carbonyl (C=O) groups is 1. The molecule has 26 heavy (non-hydrogen) atoms. The van der Waals surface area contributed by atoms with E-state index in [-0.39, 0.29) is 29.6 Å². The Morgan fingerprint density at radius 1 is 1.12 bits per heavy atom. The smallest absolute Gasteiger partial charge is 0.306 e. The average molecular weight is 381 g/mol. The number of nitrogens with zero attached hydrogens (tertiary/aromatic N) is 1. The molecule has 0 spiro atoms. The number of aryl methyl sites for hydroxylation is 1. The van der Waals surface area contributed by atoms with Crippen molar-refractivity contribution < 1.29 is 21.8 Å². The van der Waals surface area contributed by atoms with Gasteiger partial charge in [-0.2, -0.15) is 8.42 Å². The number of halogens is 1. The zero-order valence-corrected chi connectivity index (χ0v) is 16.4. The molecule has 2 aromatic rings. The molecule has 7 heteroatoms. The van der Waals surface area contributed by atoms with Crippen LogP contribution in [0, 0.1) is 12.7 Å². The van der Waals surface area contributed by atoms with E-state index in [4.69, 9.17) is 4.18 Å². The van der Waals surface area contributed by atoms with Crippen molar-refractivity contribution in [2.75, 3.05) is 13.3 Å². The molecule has 1 amide bonds. The van der Waals surface area contributed by atoms with Crippen LogP contribution in [0.5, 0.6) is 5.75 Å². The first-order valence-electron chi connectivity index (χ1n) is 8.16. The summed E-state index contributed by atoms with van der Waals surface area (Å²) in [5.41, 5.74) is 1.71. The number of amides is 1. The lowest BCUT2D eigenvalue weighted by atomic mass is 10.1. The van der Waals surface area contributed by atoms with E-state index < -0.39 is 10.1 Å². The molecule has 0 fully saturated rings. The van der Waals surface area contributed by atoms with Crippen LogP contribution in [0.1, 0.15) is 35.3 Å². The van der Waals surface area contributed by atoms with Crippen LogP contribution < -0.4 is 4.18 Å². The molecule has 0 N–H and O–H groups in total. The molecule has 0 radical (unpaired) electrons. The molecule has 0 saturated heterocycles. The first-order chi connectivity index (χ1) is 12.2. The van der Waals surface area contributed by atoms with E-state index in [1.165, 1.54) is 23.1 Å². The fourth-order valence-electron chi connectivity index (χ4n) is 2.19. The van der Waals surface area contributed by atoms with Crippen LogP contribution in [-0.4, -0.2) is 32.5 Å². The molecule has 0 aliphatic carbocycles. The highest BCUT2D eigenvalue weighted by Crippen LogP contribution is 2.23. The Labute approximate surface area is 154 Å². The van der Waals surface area contributed by atoms with Gasteiger partial charge < -0.3 is 9.08 Å². The van der Waals surface area contributed by atoms with Gasteiger partial charge in [0.2, 0.25) is 0 Å². The second-order valence-corrected chi connectivity index (χ2v) is 7.15. The molecular formula is C19H24FNO4S. The summed E-state index contributed by atoms with van der Waals surface area (Å²) in [7, 11) is -2.17. The zero-order chi connectivity index (χ0) is 19.9. The minimum atomic E-state index is -3.75. The predicted molar refractivity (Wildman–Crippen MR) is 100 cm³/mol. The summed E-state index contributed by atoms with van der Waals surface area (Å²) in [6, 6.07) is 10.5. The van der Waals surface area contributed by atoms with Gasteiger partial charge in [-0.1, -0.05) is 37.6 Å². The van der Waals surface area contributed by atoms with Gasteiger partial charge in [-0.15, -0.1) is 0 Å². The molecule has 0 saturated carbocycles. The summed E-state index contributed by atoms with van der Waals surface area (Å²) in [5.74, 6) is -0.754. The van der Waals surface area contributed by atoms with E-state index >= 15 is 0 Å². The van der Waals surface area contributed by atoms with Crippen LogP contribution in [0.2, 0.25) is 0 Å². The van der Waals surface area contributed by atoms with Crippen LogP contribution in [0.4, 0.5) is 4.39 Å². The molecule has 0 aromatic heterocycles. The summed E-state index contributed by atoms with van der Waals surface area (Å²) >= 11 is 0. The molecule has 0 bridgehead atoms. The average Bonchev–Trinajstić information content (AvgIpc) is 2.58.